The molecule has 4 nitrogen and oxygen atoms in total. The van der Waals surface area contributed by atoms with E-state index in [0.717, 1.165) is 45.2 Å². The van der Waals surface area contributed by atoms with Crippen LogP contribution in [-0.4, -0.2) is 54.4 Å². The van der Waals surface area contributed by atoms with E-state index in [1.165, 1.54) is 50.5 Å². The van der Waals surface area contributed by atoms with E-state index in [1.807, 2.05) is 18.2 Å². The van der Waals surface area contributed by atoms with Crippen LogP contribution in [0, 0.1) is 0 Å². The number of quaternary nitrogens is 1. The first-order valence-corrected chi connectivity index (χ1v) is 12.4. The number of aliphatic hydroxyl groups excluding tert-OH is 1. The van der Waals surface area contributed by atoms with Crippen molar-refractivity contribution in [3.8, 4) is 0 Å². The van der Waals surface area contributed by atoms with Crippen LogP contribution in [0.3, 0.4) is 0 Å². The fourth-order valence-corrected chi connectivity index (χ4v) is 4.84. The second-order valence-corrected chi connectivity index (χ2v) is 9.11. The molecule has 1 fully saturated rings. The van der Waals surface area contributed by atoms with Gasteiger partial charge in [0.05, 0.1) is 26.3 Å². The fraction of sp³-hybridized carbons (Fsp3) is 0.731. The van der Waals surface area contributed by atoms with Gasteiger partial charge in [-0.15, -0.1) is 0 Å². The van der Waals surface area contributed by atoms with Crippen molar-refractivity contribution in [2.24, 2.45) is 0 Å². The number of carbonyl (C=O) groups is 1. The summed E-state index contributed by atoms with van der Waals surface area (Å²) < 4.78 is 6.31. The zero-order chi connectivity index (χ0) is 21.5. The number of unbranched alkanes of at least 4 members (excludes halogenated alkanes) is 7. The summed E-state index contributed by atoms with van der Waals surface area (Å²) in [4.78, 5) is 12.7. The van der Waals surface area contributed by atoms with Crippen LogP contribution in [0.1, 0.15) is 83.1 Å². The fourth-order valence-electron chi connectivity index (χ4n) is 4.84. The highest BCUT2D eigenvalue weighted by Crippen LogP contribution is 2.25. The molecule has 0 unspecified atom stereocenters. The lowest BCUT2D eigenvalue weighted by Crippen LogP contribution is -2.62. The molecule has 1 aliphatic rings. The number of rotatable bonds is 15. The van der Waals surface area contributed by atoms with Gasteiger partial charge in [-0.3, -0.25) is 0 Å². The monoisotopic (exact) mass is 418 g/mol. The van der Waals surface area contributed by atoms with Crippen LogP contribution in [-0.2, 0) is 16.0 Å². The summed E-state index contributed by atoms with van der Waals surface area (Å²) in [5, 5.41) is 10.2. The Bertz CT molecular complexity index is 569. The molecule has 1 heterocycles. The molecule has 0 amide bonds. The van der Waals surface area contributed by atoms with Crippen LogP contribution in [0.5, 0.6) is 0 Å². The third-order valence-electron chi connectivity index (χ3n) is 6.71. The average Bonchev–Trinajstić information content (AvgIpc) is 2.77. The van der Waals surface area contributed by atoms with Crippen LogP contribution in [0.25, 0.3) is 0 Å². The third-order valence-corrected chi connectivity index (χ3v) is 6.71. The van der Waals surface area contributed by atoms with E-state index in [9.17, 15) is 9.90 Å². The maximum absolute atomic E-state index is 12.7. The number of hydrogen-bond donors (Lipinski definition) is 1. The highest BCUT2D eigenvalue weighted by Gasteiger charge is 2.40. The predicted molar refractivity (Wildman–Crippen MR) is 123 cm³/mol. The molecule has 0 bridgehead atoms. The van der Waals surface area contributed by atoms with E-state index in [1.54, 1.807) is 0 Å². The molecule has 1 aromatic carbocycles. The Balaban J connectivity index is 1.78. The summed E-state index contributed by atoms with van der Waals surface area (Å²) in [6.45, 7) is 5.22. The van der Waals surface area contributed by atoms with Gasteiger partial charge >= 0.3 is 5.97 Å². The van der Waals surface area contributed by atoms with Crippen LogP contribution >= 0.6 is 0 Å². The first kappa shape index (κ1) is 24.9. The van der Waals surface area contributed by atoms with E-state index in [0.29, 0.717) is 17.6 Å². The molecule has 1 atom stereocenters. The Morgan fingerprint density at radius 1 is 0.967 bits per heavy atom. The Kier molecular flexibility index (Phi) is 12.1. The number of hydrogen-bond acceptors (Lipinski definition) is 3. The molecule has 0 radical (unpaired) electrons. The molecule has 0 aliphatic carbocycles. The van der Waals surface area contributed by atoms with Crippen LogP contribution in [0.4, 0.5) is 0 Å². The molecule has 1 aromatic rings. The van der Waals surface area contributed by atoms with E-state index in [-0.39, 0.29) is 18.6 Å². The zero-order valence-electron chi connectivity index (χ0n) is 19.2. The Labute approximate surface area is 184 Å². The van der Waals surface area contributed by atoms with Gasteiger partial charge in [0.1, 0.15) is 6.04 Å². The summed E-state index contributed by atoms with van der Waals surface area (Å²) in [6.07, 6.45) is 14.2. The standard InChI is InChI=1S/C26H44NO3/c1-2-3-4-5-6-7-8-15-20-30-26(29)22-27(18-13-10-14-19-27)25(23-28)21-24-16-11-9-12-17-24/h9,11-12,16-17,25,28H,2-8,10,13-15,18-23H2,1H3/q+1/t25-/m0/s1. The molecule has 0 aromatic heterocycles. The molecule has 0 spiro atoms. The molecule has 30 heavy (non-hydrogen) atoms. The lowest BCUT2D eigenvalue weighted by atomic mass is 9.98. The van der Waals surface area contributed by atoms with Gasteiger partial charge in [-0.25, -0.2) is 4.79 Å². The van der Waals surface area contributed by atoms with Crippen LogP contribution in [0.15, 0.2) is 30.3 Å². The SMILES string of the molecule is CCCCCCCCCCOC(=O)C[N+]1([C@H](CO)Cc2ccccc2)CCCCC1. The minimum atomic E-state index is -0.0913. The van der Waals surface area contributed by atoms with Gasteiger partial charge in [-0.2, -0.15) is 0 Å². The van der Waals surface area contributed by atoms with Crippen molar-refractivity contribution in [2.45, 2.75) is 90.0 Å². The lowest BCUT2D eigenvalue weighted by Gasteiger charge is -2.46. The number of nitrogens with zero attached hydrogens (tertiary/aromatic N) is 1. The topological polar surface area (TPSA) is 46.5 Å². The van der Waals surface area contributed by atoms with Crippen molar-refractivity contribution < 1.29 is 19.1 Å². The molecular weight excluding hydrogens is 374 g/mol. The Morgan fingerprint density at radius 3 is 2.23 bits per heavy atom. The summed E-state index contributed by atoms with van der Waals surface area (Å²) in [6, 6.07) is 10.4. The molecule has 1 aliphatic heterocycles. The maximum atomic E-state index is 12.7. The highest BCUT2D eigenvalue weighted by atomic mass is 16.5. The van der Waals surface area contributed by atoms with Crippen LogP contribution in [0.2, 0.25) is 0 Å². The van der Waals surface area contributed by atoms with Crippen molar-refractivity contribution in [1.82, 2.24) is 0 Å². The summed E-state index contributed by atoms with van der Waals surface area (Å²) >= 11 is 0. The number of piperidine rings is 1. The van der Waals surface area contributed by atoms with Gasteiger partial charge in [0, 0.05) is 6.42 Å². The molecular formula is C26H44NO3+. The summed E-state index contributed by atoms with van der Waals surface area (Å²) in [5.41, 5.74) is 1.23. The quantitative estimate of drug-likeness (QED) is 0.240. The minimum absolute atomic E-state index is 0.0587. The van der Waals surface area contributed by atoms with Gasteiger partial charge in [-0.05, 0) is 31.2 Å². The lowest BCUT2D eigenvalue weighted by molar-refractivity contribution is -0.949. The number of benzene rings is 1. The van der Waals surface area contributed by atoms with E-state index in [4.69, 9.17) is 4.74 Å². The third kappa shape index (κ3) is 8.77. The first-order valence-electron chi connectivity index (χ1n) is 12.4. The van der Waals surface area contributed by atoms with Crippen molar-refractivity contribution in [3.05, 3.63) is 35.9 Å². The van der Waals surface area contributed by atoms with Crippen molar-refractivity contribution >= 4 is 5.97 Å². The zero-order valence-corrected chi connectivity index (χ0v) is 19.2. The molecule has 170 valence electrons. The summed E-state index contributed by atoms with van der Waals surface area (Å²) in [5.74, 6) is -0.0913. The van der Waals surface area contributed by atoms with Gasteiger partial charge in [-0.1, -0.05) is 82.2 Å². The largest absolute Gasteiger partial charge is 0.462 e. The molecule has 4 heteroatoms. The Morgan fingerprint density at radius 2 is 1.60 bits per heavy atom. The van der Waals surface area contributed by atoms with E-state index < -0.39 is 0 Å². The van der Waals surface area contributed by atoms with E-state index >= 15 is 0 Å². The van der Waals surface area contributed by atoms with Gasteiger partial charge in [0.2, 0.25) is 0 Å². The molecule has 1 saturated heterocycles. The van der Waals surface area contributed by atoms with Crippen LogP contribution < -0.4 is 0 Å². The smallest absolute Gasteiger partial charge is 0.361 e. The predicted octanol–water partition coefficient (Wildman–Crippen LogP) is 5.27. The number of carbonyl (C=O) groups excluding carboxylic acids is 1. The minimum Gasteiger partial charge on any atom is -0.462 e. The van der Waals surface area contributed by atoms with Gasteiger partial charge in [0.15, 0.2) is 6.54 Å². The van der Waals surface area contributed by atoms with Crippen molar-refractivity contribution in [2.75, 3.05) is 32.8 Å². The van der Waals surface area contributed by atoms with Gasteiger partial charge < -0.3 is 14.3 Å². The normalized spacial score (nSPS) is 16.9. The Hall–Kier alpha value is -1.39. The molecule has 1 N–H and O–H groups in total. The van der Waals surface area contributed by atoms with Crippen molar-refractivity contribution in [1.29, 1.82) is 0 Å². The highest BCUT2D eigenvalue weighted by molar-refractivity contribution is 5.70. The van der Waals surface area contributed by atoms with E-state index in [2.05, 4.69) is 19.1 Å². The molecule has 2 rings (SSSR count). The number of likely N-dealkylation sites (tertiary alicyclic amines) is 1. The van der Waals surface area contributed by atoms with Gasteiger partial charge in [0.25, 0.3) is 0 Å². The maximum Gasteiger partial charge on any atom is 0.361 e. The number of esters is 1. The second kappa shape index (κ2) is 14.6. The first-order chi connectivity index (χ1) is 14.7. The second-order valence-electron chi connectivity index (χ2n) is 9.11. The molecule has 0 saturated carbocycles. The number of ether oxygens (including phenoxy) is 1. The number of aliphatic hydroxyl groups is 1. The van der Waals surface area contributed by atoms with Crippen molar-refractivity contribution in [3.63, 3.8) is 0 Å². The average molecular weight is 419 g/mol. The summed E-state index contributed by atoms with van der Waals surface area (Å²) in [7, 11) is 0.